The zero-order valence-corrected chi connectivity index (χ0v) is 13.7. The summed E-state index contributed by atoms with van der Waals surface area (Å²) < 4.78 is 53.5. The van der Waals surface area contributed by atoms with E-state index in [1.165, 1.54) is 0 Å². The van der Waals surface area contributed by atoms with Crippen LogP contribution >= 0.6 is 0 Å². The first-order valence-electron chi connectivity index (χ1n) is 7.26. The van der Waals surface area contributed by atoms with E-state index in [2.05, 4.69) is 14.7 Å². The Morgan fingerprint density at radius 1 is 0.960 bits per heavy atom. The van der Waals surface area contributed by atoms with Gasteiger partial charge < -0.3 is 0 Å². The Morgan fingerprint density at radius 2 is 1.72 bits per heavy atom. The molecular weight excluding hydrogens is 348 g/mol. The third kappa shape index (κ3) is 4.04. The normalized spacial score (nSPS) is 11.4. The molecule has 8 heteroatoms. The number of halogens is 2. The molecule has 3 rings (SSSR count). The Morgan fingerprint density at radius 3 is 2.48 bits per heavy atom. The maximum Gasteiger partial charge on any atom is 0.243 e. The molecule has 128 valence electrons. The van der Waals surface area contributed by atoms with Gasteiger partial charge in [0.2, 0.25) is 10.0 Å². The molecule has 0 atom stereocenters. The number of nitrogens with zero attached hydrogens (tertiary/aromatic N) is 2. The van der Waals surface area contributed by atoms with Crippen LogP contribution in [0.2, 0.25) is 0 Å². The molecule has 0 fully saturated rings. The van der Waals surface area contributed by atoms with Gasteiger partial charge in [-0.3, -0.25) is 9.97 Å². The van der Waals surface area contributed by atoms with E-state index in [1.807, 2.05) is 0 Å². The van der Waals surface area contributed by atoms with Crippen molar-refractivity contribution in [3.63, 3.8) is 0 Å². The van der Waals surface area contributed by atoms with Crippen LogP contribution in [0.1, 0.15) is 5.56 Å². The minimum Gasteiger partial charge on any atom is -0.265 e. The number of pyridine rings is 2. The van der Waals surface area contributed by atoms with Crippen molar-refractivity contribution in [3.8, 4) is 11.3 Å². The van der Waals surface area contributed by atoms with Gasteiger partial charge in [-0.1, -0.05) is 0 Å². The smallest absolute Gasteiger partial charge is 0.243 e. The molecule has 0 spiro atoms. The van der Waals surface area contributed by atoms with Gasteiger partial charge in [0.05, 0.1) is 5.69 Å². The van der Waals surface area contributed by atoms with Crippen molar-refractivity contribution in [1.82, 2.24) is 14.7 Å². The van der Waals surface area contributed by atoms with E-state index in [1.54, 1.807) is 42.9 Å². The van der Waals surface area contributed by atoms with Crippen LogP contribution in [0.5, 0.6) is 0 Å². The first-order valence-corrected chi connectivity index (χ1v) is 8.74. The minimum atomic E-state index is -4.18. The quantitative estimate of drug-likeness (QED) is 0.758. The lowest BCUT2D eigenvalue weighted by molar-refractivity contribution is 0.545. The van der Waals surface area contributed by atoms with Crippen LogP contribution in [0.4, 0.5) is 8.78 Å². The van der Waals surface area contributed by atoms with Crippen molar-refractivity contribution < 1.29 is 17.2 Å². The van der Waals surface area contributed by atoms with Gasteiger partial charge in [-0.2, -0.15) is 0 Å². The Bertz CT molecular complexity index is 996. The van der Waals surface area contributed by atoms with Crippen LogP contribution in [-0.2, 0) is 16.6 Å². The van der Waals surface area contributed by atoms with Gasteiger partial charge in [0.25, 0.3) is 0 Å². The average molecular weight is 361 g/mol. The second kappa shape index (κ2) is 7.04. The van der Waals surface area contributed by atoms with Gasteiger partial charge in [-0.15, -0.1) is 0 Å². The predicted octanol–water partition coefficient (Wildman–Crippen LogP) is 2.90. The molecule has 25 heavy (non-hydrogen) atoms. The molecule has 3 aromatic rings. The molecule has 0 aliphatic heterocycles. The standard InChI is InChI=1S/C17H13F2N3O2S/c18-14-1-2-15(19)17(10-14)25(23,24)22-11-12-3-8-21-16(9-12)13-4-6-20-7-5-13/h1-10,22H,11H2. The zero-order valence-electron chi connectivity index (χ0n) is 12.9. The number of aromatic nitrogens is 2. The highest BCUT2D eigenvalue weighted by Gasteiger charge is 2.19. The average Bonchev–Trinajstić information content (AvgIpc) is 2.63. The highest BCUT2D eigenvalue weighted by molar-refractivity contribution is 7.89. The Labute approximate surface area is 143 Å². The van der Waals surface area contributed by atoms with Gasteiger partial charge in [0.15, 0.2) is 0 Å². The summed E-state index contributed by atoms with van der Waals surface area (Å²) in [7, 11) is -4.18. The molecule has 1 N–H and O–H groups in total. The zero-order chi connectivity index (χ0) is 17.9. The summed E-state index contributed by atoms with van der Waals surface area (Å²) in [6, 6.07) is 9.18. The van der Waals surface area contributed by atoms with Crippen LogP contribution in [-0.4, -0.2) is 18.4 Å². The summed E-state index contributed by atoms with van der Waals surface area (Å²) in [5, 5.41) is 0. The van der Waals surface area contributed by atoms with Gasteiger partial charge in [0.1, 0.15) is 16.5 Å². The van der Waals surface area contributed by atoms with Crippen molar-refractivity contribution in [3.05, 3.63) is 78.3 Å². The lowest BCUT2D eigenvalue weighted by Crippen LogP contribution is -2.24. The maximum absolute atomic E-state index is 13.7. The maximum atomic E-state index is 13.7. The summed E-state index contributed by atoms with van der Waals surface area (Å²) in [5.74, 6) is -1.84. The van der Waals surface area contributed by atoms with Gasteiger partial charge >= 0.3 is 0 Å². The Balaban J connectivity index is 1.81. The van der Waals surface area contributed by atoms with Crippen LogP contribution in [0.15, 0.2) is 66.0 Å². The number of sulfonamides is 1. The summed E-state index contributed by atoms with van der Waals surface area (Å²) in [6.45, 7) is -0.0844. The third-order valence-corrected chi connectivity index (χ3v) is 4.87. The van der Waals surface area contributed by atoms with E-state index in [-0.39, 0.29) is 6.54 Å². The SMILES string of the molecule is O=S(=O)(NCc1ccnc(-c2ccncc2)c1)c1cc(F)ccc1F. The molecule has 2 aromatic heterocycles. The van der Waals surface area contributed by atoms with E-state index in [4.69, 9.17) is 0 Å². The highest BCUT2D eigenvalue weighted by Crippen LogP contribution is 2.18. The first kappa shape index (κ1) is 17.1. The van der Waals surface area contributed by atoms with Crippen molar-refractivity contribution in [2.75, 3.05) is 0 Å². The molecule has 1 aromatic carbocycles. The van der Waals surface area contributed by atoms with Gasteiger partial charge in [0, 0.05) is 30.7 Å². The molecule has 0 saturated heterocycles. The van der Waals surface area contributed by atoms with Crippen LogP contribution in [0.3, 0.4) is 0 Å². The molecule has 5 nitrogen and oxygen atoms in total. The fourth-order valence-electron chi connectivity index (χ4n) is 2.20. The second-order valence-corrected chi connectivity index (χ2v) is 6.92. The molecule has 0 saturated carbocycles. The topological polar surface area (TPSA) is 72.0 Å². The third-order valence-electron chi connectivity index (χ3n) is 3.45. The fourth-order valence-corrected chi connectivity index (χ4v) is 3.31. The van der Waals surface area contributed by atoms with Crippen LogP contribution < -0.4 is 4.72 Å². The molecule has 0 aliphatic carbocycles. The number of nitrogens with one attached hydrogen (secondary N) is 1. The predicted molar refractivity (Wildman–Crippen MR) is 87.9 cm³/mol. The highest BCUT2D eigenvalue weighted by atomic mass is 32.2. The molecule has 0 radical (unpaired) electrons. The van der Waals surface area contributed by atoms with Crippen molar-refractivity contribution >= 4 is 10.0 Å². The van der Waals surface area contributed by atoms with E-state index in [0.29, 0.717) is 17.3 Å². The summed E-state index contributed by atoms with van der Waals surface area (Å²) in [6.07, 6.45) is 4.79. The summed E-state index contributed by atoms with van der Waals surface area (Å²) in [5.41, 5.74) is 2.11. The lowest BCUT2D eigenvalue weighted by atomic mass is 10.1. The van der Waals surface area contributed by atoms with Crippen LogP contribution in [0.25, 0.3) is 11.3 Å². The molecule has 0 unspecified atom stereocenters. The minimum absolute atomic E-state index is 0.0844. The van der Waals surface area contributed by atoms with E-state index >= 15 is 0 Å². The van der Waals surface area contributed by atoms with Gasteiger partial charge in [-0.05, 0) is 48.0 Å². The molecule has 0 amide bonds. The van der Waals surface area contributed by atoms with Crippen molar-refractivity contribution in [2.45, 2.75) is 11.4 Å². The van der Waals surface area contributed by atoms with Crippen LogP contribution in [0, 0.1) is 11.6 Å². The fraction of sp³-hybridized carbons (Fsp3) is 0.0588. The molecular formula is C17H13F2N3O2S. The molecule has 0 bridgehead atoms. The van der Waals surface area contributed by atoms with E-state index in [0.717, 1.165) is 17.7 Å². The summed E-state index contributed by atoms with van der Waals surface area (Å²) in [4.78, 5) is 7.42. The number of rotatable bonds is 5. The van der Waals surface area contributed by atoms with Crippen molar-refractivity contribution in [2.24, 2.45) is 0 Å². The molecule has 0 aliphatic rings. The Hall–Kier alpha value is -2.71. The molecule has 2 heterocycles. The Kier molecular flexibility index (Phi) is 4.82. The van der Waals surface area contributed by atoms with E-state index in [9.17, 15) is 17.2 Å². The van der Waals surface area contributed by atoms with E-state index < -0.39 is 26.6 Å². The van der Waals surface area contributed by atoms with Crippen molar-refractivity contribution in [1.29, 1.82) is 0 Å². The second-order valence-electron chi connectivity index (χ2n) is 5.18. The first-order chi connectivity index (χ1) is 12.0. The number of benzene rings is 1. The summed E-state index contributed by atoms with van der Waals surface area (Å²) >= 11 is 0. The number of hydrogen-bond donors (Lipinski definition) is 1. The number of hydrogen-bond acceptors (Lipinski definition) is 4. The lowest BCUT2D eigenvalue weighted by Gasteiger charge is -2.09. The largest absolute Gasteiger partial charge is 0.265 e. The monoisotopic (exact) mass is 361 g/mol. The van der Waals surface area contributed by atoms with Gasteiger partial charge in [-0.25, -0.2) is 21.9 Å².